The number of rotatable bonds is 9. The third kappa shape index (κ3) is 6.66. The Morgan fingerprint density at radius 2 is 1.79 bits per heavy atom. The Morgan fingerprint density at radius 1 is 1.17 bits per heavy atom. The Hall–Kier alpha value is -0.710. The van der Waals surface area contributed by atoms with Gasteiger partial charge in [0.1, 0.15) is 0 Å². The SMILES string of the molecule is CCN(C(=O)CCN(CCN(C)C)S(C)(=O)=O)C1CCS(=O)(=O)C1. The van der Waals surface area contributed by atoms with E-state index in [2.05, 4.69) is 0 Å². The van der Waals surface area contributed by atoms with Crippen LogP contribution in [0.3, 0.4) is 0 Å². The van der Waals surface area contributed by atoms with E-state index in [9.17, 15) is 21.6 Å². The van der Waals surface area contributed by atoms with Gasteiger partial charge < -0.3 is 9.80 Å². The lowest BCUT2D eigenvalue weighted by atomic mass is 10.2. The molecule has 0 aromatic heterocycles. The number of nitrogens with zero attached hydrogens (tertiary/aromatic N) is 3. The molecule has 1 saturated heterocycles. The molecule has 8 nitrogen and oxygen atoms in total. The second-order valence-electron chi connectivity index (χ2n) is 6.45. The maximum absolute atomic E-state index is 12.4. The number of hydrogen-bond donors (Lipinski definition) is 0. The number of carbonyl (C=O) groups excluding carboxylic acids is 1. The summed E-state index contributed by atoms with van der Waals surface area (Å²) < 4.78 is 48.2. The predicted molar refractivity (Wildman–Crippen MR) is 94.0 cm³/mol. The highest BCUT2D eigenvalue weighted by atomic mass is 32.2. The van der Waals surface area contributed by atoms with E-state index in [1.165, 1.54) is 4.31 Å². The van der Waals surface area contributed by atoms with Crippen LogP contribution in [-0.4, -0.2) is 101 Å². The first-order valence-corrected chi connectivity index (χ1v) is 11.7. The molecular formula is C14H29N3O5S2. The quantitative estimate of drug-likeness (QED) is 0.519. The molecule has 0 saturated carbocycles. The van der Waals surface area contributed by atoms with Crippen molar-refractivity contribution in [1.29, 1.82) is 0 Å². The van der Waals surface area contributed by atoms with Gasteiger partial charge in [-0.25, -0.2) is 21.1 Å². The highest BCUT2D eigenvalue weighted by Gasteiger charge is 2.34. The van der Waals surface area contributed by atoms with Crippen LogP contribution in [0.4, 0.5) is 0 Å². The molecule has 1 heterocycles. The summed E-state index contributed by atoms with van der Waals surface area (Å²) in [6.07, 6.45) is 1.65. The smallest absolute Gasteiger partial charge is 0.224 e. The first-order chi connectivity index (χ1) is 11.0. The number of sulfonamides is 1. The standard InChI is InChI=1S/C14H29N3O5S2/c1-5-17(13-7-11-24(21,22)12-13)14(18)6-8-16(23(4,19)20)10-9-15(2)3/h13H,5-12H2,1-4H3. The van der Waals surface area contributed by atoms with E-state index in [4.69, 9.17) is 0 Å². The minimum Gasteiger partial charge on any atom is -0.339 e. The number of carbonyl (C=O) groups is 1. The molecule has 1 unspecified atom stereocenters. The molecule has 0 spiro atoms. The molecule has 0 radical (unpaired) electrons. The van der Waals surface area contributed by atoms with Crippen LogP contribution in [0.2, 0.25) is 0 Å². The Labute approximate surface area is 145 Å². The van der Waals surface area contributed by atoms with Gasteiger partial charge in [0.15, 0.2) is 9.84 Å². The Morgan fingerprint density at radius 3 is 2.21 bits per heavy atom. The molecule has 0 aliphatic carbocycles. The molecule has 1 rings (SSSR count). The molecule has 142 valence electrons. The van der Waals surface area contributed by atoms with E-state index in [0.29, 0.717) is 26.1 Å². The zero-order chi connectivity index (χ0) is 18.5. The van der Waals surface area contributed by atoms with Crippen molar-refractivity contribution in [2.45, 2.75) is 25.8 Å². The second-order valence-corrected chi connectivity index (χ2v) is 10.7. The van der Waals surface area contributed by atoms with Gasteiger partial charge in [-0.15, -0.1) is 0 Å². The number of hydrogen-bond acceptors (Lipinski definition) is 6. The van der Waals surface area contributed by atoms with Crippen LogP contribution in [0, 0.1) is 0 Å². The van der Waals surface area contributed by atoms with Crippen molar-refractivity contribution in [3.63, 3.8) is 0 Å². The highest BCUT2D eigenvalue weighted by Crippen LogP contribution is 2.18. The zero-order valence-electron chi connectivity index (χ0n) is 14.9. The van der Waals surface area contributed by atoms with E-state index >= 15 is 0 Å². The summed E-state index contributed by atoms with van der Waals surface area (Å²) >= 11 is 0. The zero-order valence-corrected chi connectivity index (χ0v) is 16.6. The van der Waals surface area contributed by atoms with Gasteiger partial charge in [-0.05, 0) is 27.4 Å². The van der Waals surface area contributed by atoms with Crippen LogP contribution in [0.1, 0.15) is 19.8 Å². The van der Waals surface area contributed by atoms with E-state index in [0.717, 1.165) is 6.26 Å². The highest BCUT2D eigenvalue weighted by molar-refractivity contribution is 7.91. The van der Waals surface area contributed by atoms with Crippen LogP contribution >= 0.6 is 0 Å². The summed E-state index contributed by atoms with van der Waals surface area (Å²) in [4.78, 5) is 15.9. The number of likely N-dealkylation sites (N-methyl/N-ethyl adjacent to an activating group) is 1. The van der Waals surface area contributed by atoms with E-state index in [-0.39, 0.29) is 36.4 Å². The lowest BCUT2D eigenvalue weighted by molar-refractivity contribution is -0.132. The van der Waals surface area contributed by atoms with Crippen molar-refractivity contribution in [3.05, 3.63) is 0 Å². The van der Waals surface area contributed by atoms with Crippen molar-refractivity contribution >= 4 is 25.8 Å². The molecule has 1 fully saturated rings. The minimum absolute atomic E-state index is 0.00298. The van der Waals surface area contributed by atoms with Crippen LogP contribution < -0.4 is 0 Å². The average Bonchev–Trinajstić information content (AvgIpc) is 2.77. The van der Waals surface area contributed by atoms with Gasteiger partial charge in [0.05, 0.1) is 17.8 Å². The summed E-state index contributed by atoms with van der Waals surface area (Å²) in [6, 6.07) is -0.291. The molecule has 1 atom stereocenters. The fraction of sp³-hybridized carbons (Fsp3) is 0.929. The van der Waals surface area contributed by atoms with E-state index < -0.39 is 19.9 Å². The Bertz CT molecular complexity index is 631. The third-order valence-electron chi connectivity index (χ3n) is 4.15. The van der Waals surface area contributed by atoms with E-state index in [1.807, 2.05) is 25.9 Å². The molecule has 1 aliphatic rings. The molecule has 0 aromatic rings. The maximum atomic E-state index is 12.4. The van der Waals surface area contributed by atoms with Gasteiger partial charge in [0.25, 0.3) is 0 Å². The van der Waals surface area contributed by atoms with Crippen molar-refractivity contribution in [2.24, 2.45) is 0 Å². The number of amides is 1. The summed E-state index contributed by atoms with van der Waals surface area (Å²) in [5.41, 5.74) is 0. The summed E-state index contributed by atoms with van der Waals surface area (Å²) in [5, 5.41) is 0. The monoisotopic (exact) mass is 383 g/mol. The maximum Gasteiger partial charge on any atom is 0.224 e. The largest absolute Gasteiger partial charge is 0.339 e. The van der Waals surface area contributed by atoms with Gasteiger partial charge in [-0.3, -0.25) is 4.79 Å². The molecular weight excluding hydrogens is 354 g/mol. The van der Waals surface area contributed by atoms with Gasteiger partial charge in [0, 0.05) is 38.6 Å². The lowest BCUT2D eigenvalue weighted by Crippen LogP contribution is -2.43. The summed E-state index contributed by atoms with van der Waals surface area (Å²) in [6.45, 7) is 3.24. The summed E-state index contributed by atoms with van der Waals surface area (Å²) in [5.74, 6) is -0.0824. The first-order valence-electron chi connectivity index (χ1n) is 8.06. The van der Waals surface area contributed by atoms with Crippen molar-refractivity contribution < 1.29 is 21.6 Å². The first kappa shape index (κ1) is 21.3. The topological polar surface area (TPSA) is 95.1 Å². The van der Waals surface area contributed by atoms with Crippen molar-refractivity contribution in [1.82, 2.24) is 14.1 Å². The van der Waals surface area contributed by atoms with Crippen molar-refractivity contribution in [3.8, 4) is 0 Å². The van der Waals surface area contributed by atoms with Crippen molar-refractivity contribution in [2.75, 3.05) is 58.0 Å². The Kier molecular flexibility index (Phi) is 7.64. The molecule has 1 amide bonds. The molecule has 10 heteroatoms. The Balaban J connectivity index is 2.66. The van der Waals surface area contributed by atoms with Gasteiger partial charge in [-0.1, -0.05) is 0 Å². The van der Waals surface area contributed by atoms with Crippen LogP contribution in [0.25, 0.3) is 0 Å². The minimum atomic E-state index is -3.39. The molecule has 0 bridgehead atoms. The van der Waals surface area contributed by atoms with Crippen LogP contribution in [-0.2, 0) is 24.7 Å². The fourth-order valence-electron chi connectivity index (χ4n) is 2.78. The molecule has 0 aromatic carbocycles. The average molecular weight is 384 g/mol. The van der Waals surface area contributed by atoms with Gasteiger partial charge in [-0.2, -0.15) is 0 Å². The normalized spacial score (nSPS) is 20.7. The molecule has 0 N–H and O–H groups in total. The lowest BCUT2D eigenvalue weighted by Gasteiger charge is -2.28. The molecule has 1 aliphatic heterocycles. The van der Waals surface area contributed by atoms with Crippen LogP contribution in [0.15, 0.2) is 0 Å². The van der Waals surface area contributed by atoms with E-state index in [1.54, 1.807) is 4.90 Å². The molecule has 24 heavy (non-hydrogen) atoms. The summed E-state index contributed by atoms with van der Waals surface area (Å²) in [7, 11) is -2.74. The van der Waals surface area contributed by atoms with Gasteiger partial charge >= 0.3 is 0 Å². The van der Waals surface area contributed by atoms with Gasteiger partial charge in [0.2, 0.25) is 15.9 Å². The van der Waals surface area contributed by atoms with Crippen LogP contribution in [0.5, 0.6) is 0 Å². The number of sulfone groups is 1. The third-order valence-corrected chi connectivity index (χ3v) is 7.20. The fourth-order valence-corrected chi connectivity index (χ4v) is 5.35. The second kappa shape index (κ2) is 8.59. The predicted octanol–water partition coefficient (Wildman–Crippen LogP) is -0.765.